The fraction of sp³-hybridized carbons (Fsp3) is 0.667. The number of hydrogen-bond acceptors (Lipinski definition) is 3. The molecule has 0 unspecified atom stereocenters. The van der Waals surface area contributed by atoms with Gasteiger partial charge in [0.15, 0.2) is 0 Å². The Labute approximate surface area is 53.6 Å². The summed E-state index contributed by atoms with van der Waals surface area (Å²) < 4.78 is 24.3. The van der Waals surface area contributed by atoms with Gasteiger partial charge in [-0.1, -0.05) is 0 Å². The minimum absolute atomic E-state index is 0.607. The molecule has 54 valence electrons. The third-order valence-electron chi connectivity index (χ3n) is 0.547. The lowest BCUT2D eigenvalue weighted by Gasteiger charge is -1.99. The van der Waals surface area contributed by atoms with Crippen LogP contribution in [-0.2, 0) is 15.0 Å². The number of hydrogen-bond donors (Lipinski definition) is 2. The molecular weight excluding hydrogens is 144 g/mol. The van der Waals surface area contributed by atoms with Crippen LogP contribution in [0.3, 0.4) is 0 Å². The summed E-state index contributed by atoms with van der Waals surface area (Å²) in [5.74, 6) is -0.607. The first-order valence-electron chi connectivity index (χ1n) is 2.20. The molecule has 0 aromatic carbocycles. The van der Waals surface area contributed by atoms with Crippen molar-refractivity contribution in [3.05, 3.63) is 0 Å². The highest BCUT2D eigenvalue weighted by Gasteiger charge is 2.05. The molecule has 0 saturated heterocycles. The van der Waals surface area contributed by atoms with Crippen molar-refractivity contribution in [3.8, 4) is 0 Å². The van der Waals surface area contributed by atoms with Gasteiger partial charge in [0, 0.05) is 14.0 Å². The third-order valence-corrected chi connectivity index (χ3v) is 1.64. The minimum Gasteiger partial charge on any atom is -0.274 e. The molecule has 2 N–H and O–H groups in total. The maximum absolute atomic E-state index is 10.4. The van der Waals surface area contributed by atoms with Crippen LogP contribution < -0.4 is 9.44 Å². The number of carbonyl (C=O) groups is 1. The molecule has 1 amide bonds. The van der Waals surface area contributed by atoms with E-state index in [0.717, 1.165) is 6.92 Å². The molecule has 0 atom stereocenters. The molecule has 6 heteroatoms. The fourth-order valence-electron chi connectivity index (χ4n) is 0.240. The highest BCUT2D eigenvalue weighted by molar-refractivity contribution is 7.88. The van der Waals surface area contributed by atoms with Crippen molar-refractivity contribution in [1.82, 2.24) is 9.44 Å². The van der Waals surface area contributed by atoms with Crippen molar-refractivity contribution in [2.75, 3.05) is 7.05 Å². The molecule has 0 radical (unpaired) electrons. The molecule has 0 fully saturated rings. The molecular formula is C3H8N2O3S. The van der Waals surface area contributed by atoms with Crippen LogP contribution in [0.5, 0.6) is 0 Å². The van der Waals surface area contributed by atoms with E-state index in [1.54, 1.807) is 4.72 Å². The average Bonchev–Trinajstić information content (AvgIpc) is 1.63. The molecule has 0 aliphatic rings. The Morgan fingerprint density at radius 2 is 1.89 bits per heavy atom. The van der Waals surface area contributed by atoms with E-state index in [4.69, 9.17) is 0 Å². The van der Waals surface area contributed by atoms with E-state index in [9.17, 15) is 13.2 Å². The van der Waals surface area contributed by atoms with Crippen molar-refractivity contribution in [1.29, 1.82) is 0 Å². The molecule has 0 spiro atoms. The first-order valence-corrected chi connectivity index (χ1v) is 3.68. The van der Waals surface area contributed by atoms with Gasteiger partial charge in [0.1, 0.15) is 0 Å². The highest BCUT2D eigenvalue weighted by Crippen LogP contribution is 1.70. The molecule has 0 aromatic heterocycles. The van der Waals surface area contributed by atoms with Crippen molar-refractivity contribution in [3.63, 3.8) is 0 Å². The summed E-state index contributed by atoms with van der Waals surface area (Å²) >= 11 is 0. The predicted octanol–water partition coefficient (Wildman–Crippen LogP) is -1.41. The maximum atomic E-state index is 10.4. The zero-order chi connectivity index (χ0) is 7.49. The fourth-order valence-corrected chi connectivity index (χ4v) is 0.721. The second-order valence-corrected chi connectivity index (χ2v) is 2.99. The Bertz CT molecular complexity index is 195. The molecule has 0 aliphatic heterocycles. The Kier molecular flexibility index (Phi) is 2.60. The van der Waals surface area contributed by atoms with E-state index < -0.39 is 16.1 Å². The lowest BCUT2D eigenvalue weighted by atomic mass is 10.8. The Balaban J connectivity index is 4.06. The van der Waals surface area contributed by atoms with Crippen LogP contribution in [0.4, 0.5) is 0 Å². The van der Waals surface area contributed by atoms with Crippen LogP contribution in [0.2, 0.25) is 0 Å². The van der Waals surface area contributed by atoms with Crippen molar-refractivity contribution in [2.45, 2.75) is 6.92 Å². The first kappa shape index (κ1) is 8.38. The standard InChI is InChI=1S/C3H8N2O3S/c1-3(6)5-9(7,8)4-2/h4H,1-2H3,(H,5,6). The van der Waals surface area contributed by atoms with Crippen LogP contribution >= 0.6 is 0 Å². The second-order valence-electron chi connectivity index (χ2n) is 1.37. The number of nitrogens with one attached hydrogen (secondary N) is 2. The van der Waals surface area contributed by atoms with Crippen molar-refractivity contribution in [2.24, 2.45) is 0 Å². The zero-order valence-corrected chi connectivity index (χ0v) is 5.95. The van der Waals surface area contributed by atoms with Gasteiger partial charge < -0.3 is 0 Å². The Hall–Kier alpha value is -0.620. The van der Waals surface area contributed by atoms with E-state index in [1.807, 2.05) is 4.72 Å². The molecule has 0 bridgehead atoms. The van der Waals surface area contributed by atoms with Gasteiger partial charge >= 0.3 is 10.2 Å². The maximum Gasteiger partial charge on any atom is 0.300 e. The van der Waals surface area contributed by atoms with E-state index >= 15 is 0 Å². The van der Waals surface area contributed by atoms with Crippen LogP contribution in [0.1, 0.15) is 6.92 Å². The molecule has 0 rings (SSSR count). The number of rotatable bonds is 2. The topological polar surface area (TPSA) is 75.3 Å². The van der Waals surface area contributed by atoms with Gasteiger partial charge in [-0.2, -0.15) is 8.42 Å². The third kappa shape index (κ3) is 3.92. The second kappa shape index (κ2) is 2.79. The summed E-state index contributed by atoms with van der Waals surface area (Å²) in [4.78, 5) is 10.1. The SMILES string of the molecule is CNS(=O)(=O)NC(C)=O. The Morgan fingerprint density at radius 1 is 1.44 bits per heavy atom. The zero-order valence-electron chi connectivity index (χ0n) is 5.13. The Morgan fingerprint density at radius 3 is 2.00 bits per heavy atom. The van der Waals surface area contributed by atoms with Gasteiger partial charge in [0.2, 0.25) is 5.91 Å². The van der Waals surface area contributed by atoms with Gasteiger partial charge in [-0.05, 0) is 0 Å². The van der Waals surface area contributed by atoms with Gasteiger partial charge in [-0.25, -0.2) is 9.44 Å². The lowest BCUT2D eigenvalue weighted by molar-refractivity contribution is -0.117. The molecule has 0 heterocycles. The van der Waals surface area contributed by atoms with Crippen molar-refractivity contribution >= 4 is 16.1 Å². The van der Waals surface area contributed by atoms with E-state index in [2.05, 4.69) is 0 Å². The quantitative estimate of drug-likeness (QED) is 0.510. The summed E-state index contributed by atoms with van der Waals surface area (Å²) in [5, 5.41) is 0. The van der Waals surface area contributed by atoms with Crippen molar-refractivity contribution < 1.29 is 13.2 Å². The van der Waals surface area contributed by atoms with Crippen LogP contribution in [0, 0.1) is 0 Å². The predicted molar refractivity (Wildman–Crippen MR) is 31.8 cm³/mol. The summed E-state index contributed by atoms with van der Waals surface area (Å²) in [5.41, 5.74) is 0. The van der Waals surface area contributed by atoms with Crippen LogP contribution in [0.25, 0.3) is 0 Å². The normalized spacial score (nSPS) is 10.9. The lowest BCUT2D eigenvalue weighted by Crippen LogP contribution is -2.36. The molecule has 9 heavy (non-hydrogen) atoms. The first-order chi connectivity index (χ1) is 3.98. The largest absolute Gasteiger partial charge is 0.300 e. The molecule has 0 aliphatic carbocycles. The van der Waals surface area contributed by atoms with Crippen LogP contribution in [-0.4, -0.2) is 21.4 Å². The molecule has 5 nitrogen and oxygen atoms in total. The number of amides is 1. The smallest absolute Gasteiger partial charge is 0.274 e. The molecule has 0 saturated carbocycles. The van der Waals surface area contributed by atoms with Gasteiger partial charge in [-0.15, -0.1) is 0 Å². The van der Waals surface area contributed by atoms with Gasteiger partial charge in [0.05, 0.1) is 0 Å². The highest BCUT2D eigenvalue weighted by atomic mass is 32.2. The number of carbonyl (C=O) groups excluding carboxylic acids is 1. The monoisotopic (exact) mass is 152 g/mol. The summed E-state index contributed by atoms with van der Waals surface area (Å²) in [7, 11) is -2.35. The van der Waals surface area contributed by atoms with E-state index in [-0.39, 0.29) is 0 Å². The van der Waals surface area contributed by atoms with E-state index in [0.29, 0.717) is 0 Å². The summed E-state index contributed by atoms with van der Waals surface area (Å²) in [6, 6.07) is 0. The van der Waals surface area contributed by atoms with E-state index in [1.165, 1.54) is 7.05 Å². The van der Waals surface area contributed by atoms with Gasteiger partial charge in [0.25, 0.3) is 0 Å². The summed E-state index contributed by atoms with van der Waals surface area (Å²) in [6.07, 6.45) is 0. The van der Waals surface area contributed by atoms with Gasteiger partial charge in [-0.3, -0.25) is 4.79 Å². The molecule has 0 aromatic rings. The average molecular weight is 152 g/mol. The minimum atomic E-state index is -3.57. The van der Waals surface area contributed by atoms with Crippen LogP contribution in [0.15, 0.2) is 0 Å². The summed E-state index contributed by atoms with van der Waals surface area (Å²) in [6.45, 7) is 1.12.